The smallest absolute Gasteiger partial charge is 0.123 e. The molecule has 110 valence electrons. The Hall–Kier alpha value is -0.880. The third kappa shape index (κ3) is 2.88. The molecule has 5 heteroatoms. The van der Waals surface area contributed by atoms with Crippen molar-refractivity contribution < 1.29 is 4.74 Å². The Bertz CT molecular complexity index is 635. The van der Waals surface area contributed by atoms with Gasteiger partial charge in [0, 0.05) is 29.0 Å². The Morgan fingerprint density at radius 2 is 2.29 bits per heavy atom. The average Bonchev–Trinajstić information content (AvgIpc) is 3.05. The number of aromatic nitrogens is 1. The van der Waals surface area contributed by atoms with Crippen LogP contribution in [-0.4, -0.2) is 29.6 Å². The van der Waals surface area contributed by atoms with E-state index < -0.39 is 0 Å². The lowest BCUT2D eigenvalue weighted by Gasteiger charge is -2.20. The second-order valence-electron chi connectivity index (χ2n) is 5.42. The molecule has 1 unspecified atom stereocenters. The first-order chi connectivity index (χ1) is 10.4. The summed E-state index contributed by atoms with van der Waals surface area (Å²) in [5.74, 6) is 2.14. The minimum Gasteiger partial charge on any atom is -0.369 e. The third-order valence-electron chi connectivity index (χ3n) is 4.00. The normalized spacial score (nSPS) is 22.0. The van der Waals surface area contributed by atoms with Crippen molar-refractivity contribution in [1.29, 1.82) is 0 Å². The van der Waals surface area contributed by atoms with Crippen molar-refractivity contribution in [3.8, 4) is 11.3 Å². The van der Waals surface area contributed by atoms with E-state index in [4.69, 9.17) is 9.72 Å². The maximum absolute atomic E-state index is 5.82. The lowest BCUT2D eigenvalue weighted by Crippen LogP contribution is -2.23. The van der Waals surface area contributed by atoms with Crippen molar-refractivity contribution in [2.75, 3.05) is 24.7 Å². The van der Waals surface area contributed by atoms with Gasteiger partial charge in [-0.15, -0.1) is 11.3 Å². The van der Waals surface area contributed by atoms with Crippen molar-refractivity contribution in [3.05, 3.63) is 39.7 Å². The van der Waals surface area contributed by atoms with Gasteiger partial charge in [-0.2, -0.15) is 11.8 Å². The molecule has 0 radical (unpaired) electrons. The quantitative estimate of drug-likeness (QED) is 0.921. The Kier molecular flexibility index (Phi) is 3.99. The van der Waals surface area contributed by atoms with Crippen LogP contribution in [0.2, 0.25) is 0 Å². The summed E-state index contributed by atoms with van der Waals surface area (Å²) >= 11 is 3.68. The number of nitrogens with one attached hydrogen (secondary N) is 1. The topological polar surface area (TPSA) is 34.1 Å². The summed E-state index contributed by atoms with van der Waals surface area (Å²) in [5, 5.41) is 6.70. The number of fused-ring (bicyclic) bond motifs is 1. The summed E-state index contributed by atoms with van der Waals surface area (Å²) in [6.45, 7) is 2.91. The SMILES string of the molecule is c1cc2c(cc1-c1csc(C3CSCCO3)n1)CCNC2. The number of hydrogen-bond acceptors (Lipinski definition) is 5. The molecule has 3 nitrogen and oxygen atoms in total. The largest absolute Gasteiger partial charge is 0.369 e. The van der Waals surface area contributed by atoms with Gasteiger partial charge in [-0.3, -0.25) is 0 Å². The van der Waals surface area contributed by atoms with Gasteiger partial charge in [-0.05, 0) is 30.2 Å². The van der Waals surface area contributed by atoms with Gasteiger partial charge >= 0.3 is 0 Å². The molecule has 0 aliphatic carbocycles. The van der Waals surface area contributed by atoms with Crippen LogP contribution in [0, 0.1) is 0 Å². The number of rotatable bonds is 2. The molecule has 1 N–H and O–H groups in total. The van der Waals surface area contributed by atoms with Crippen LogP contribution in [-0.2, 0) is 17.7 Å². The summed E-state index contributed by atoms with van der Waals surface area (Å²) in [4.78, 5) is 4.82. The van der Waals surface area contributed by atoms with Gasteiger partial charge in [-0.1, -0.05) is 12.1 Å². The molecule has 2 aliphatic rings. The molecule has 1 aromatic carbocycles. The van der Waals surface area contributed by atoms with Gasteiger partial charge in [0.2, 0.25) is 0 Å². The Morgan fingerprint density at radius 3 is 3.19 bits per heavy atom. The van der Waals surface area contributed by atoms with E-state index in [1.54, 1.807) is 11.3 Å². The number of nitrogens with zero attached hydrogens (tertiary/aromatic N) is 1. The van der Waals surface area contributed by atoms with Crippen LogP contribution in [0.3, 0.4) is 0 Å². The van der Waals surface area contributed by atoms with Crippen molar-refractivity contribution in [2.45, 2.75) is 19.1 Å². The number of hydrogen-bond donors (Lipinski definition) is 1. The van der Waals surface area contributed by atoms with Crippen LogP contribution in [0.5, 0.6) is 0 Å². The number of ether oxygens (including phenoxy) is 1. The zero-order valence-corrected chi connectivity index (χ0v) is 13.4. The molecular weight excluding hydrogens is 300 g/mol. The molecule has 0 amide bonds. The Balaban J connectivity index is 1.60. The summed E-state index contributed by atoms with van der Waals surface area (Å²) in [5.41, 5.74) is 5.22. The first-order valence-electron chi connectivity index (χ1n) is 7.38. The monoisotopic (exact) mass is 318 g/mol. The average molecular weight is 318 g/mol. The lowest BCUT2D eigenvalue weighted by molar-refractivity contribution is 0.0756. The molecule has 4 rings (SSSR count). The van der Waals surface area contributed by atoms with E-state index in [1.165, 1.54) is 16.7 Å². The van der Waals surface area contributed by atoms with Crippen LogP contribution in [0.25, 0.3) is 11.3 Å². The van der Waals surface area contributed by atoms with Gasteiger partial charge in [0.25, 0.3) is 0 Å². The highest BCUT2D eigenvalue weighted by Crippen LogP contribution is 2.32. The van der Waals surface area contributed by atoms with Crippen LogP contribution in [0.1, 0.15) is 22.2 Å². The highest BCUT2D eigenvalue weighted by Gasteiger charge is 2.20. The molecule has 0 saturated carbocycles. The van der Waals surface area contributed by atoms with Gasteiger partial charge in [0.1, 0.15) is 11.1 Å². The molecule has 1 atom stereocenters. The Morgan fingerprint density at radius 1 is 1.29 bits per heavy atom. The van der Waals surface area contributed by atoms with Crippen LogP contribution >= 0.6 is 23.1 Å². The highest BCUT2D eigenvalue weighted by atomic mass is 32.2. The molecule has 3 heterocycles. The minimum atomic E-state index is 0.185. The molecule has 0 spiro atoms. The lowest BCUT2D eigenvalue weighted by atomic mass is 9.98. The van der Waals surface area contributed by atoms with E-state index in [2.05, 4.69) is 28.9 Å². The second kappa shape index (κ2) is 6.08. The van der Waals surface area contributed by atoms with E-state index in [1.807, 2.05) is 11.8 Å². The number of benzene rings is 1. The number of thioether (sulfide) groups is 1. The molecule has 1 saturated heterocycles. The van der Waals surface area contributed by atoms with Crippen molar-refractivity contribution >= 4 is 23.1 Å². The van der Waals surface area contributed by atoms with E-state index in [-0.39, 0.29) is 6.10 Å². The second-order valence-corrected chi connectivity index (χ2v) is 7.46. The fourth-order valence-electron chi connectivity index (χ4n) is 2.83. The summed E-state index contributed by atoms with van der Waals surface area (Å²) in [6.07, 6.45) is 1.30. The predicted molar refractivity (Wildman–Crippen MR) is 89.0 cm³/mol. The van der Waals surface area contributed by atoms with Gasteiger partial charge in [0.05, 0.1) is 12.3 Å². The van der Waals surface area contributed by atoms with E-state index in [0.717, 1.165) is 48.3 Å². The van der Waals surface area contributed by atoms with Crippen molar-refractivity contribution in [1.82, 2.24) is 10.3 Å². The Labute approximate surface area is 133 Å². The first-order valence-corrected chi connectivity index (χ1v) is 9.41. The van der Waals surface area contributed by atoms with Crippen LogP contribution < -0.4 is 5.32 Å². The molecule has 1 fully saturated rings. The fraction of sp³-hybridized carbons (Fsp3) is 0.438. The van der Waals surface area contributed by atoms with Gasteiger partial charge in [-0.25, -0.2) is 4.98 Å². The molecule has 2 aromatic rings. The van der Waals surface area contributed by atoms with Crippen molar-refractivity contribution in [2.24, 2.45) is 0 Å². The minimum absolute atomic E-state index is 0.185. The maximum atomic E-state index is 5.82. The molecular formula is C16H18N2OS2. The highest BCUT2D eigenvalue weighted by molar-refractivity contribution is 7.99. The van der Waals surface area contributed by atoms with Gasteiger partial charge < -0.3 is 10.1 Å². The molecule has 2 aliphatic heterocycles. The molecule has 21 heavy (non-hydrogen) atoms. The summed E-state index contributed by atoms with van der Waals surface area (Å²) in [6, 6.07) is 6.75. The number of thiazole rings is 1. The van der Waals surface area contributed by atoms with Gasteiger partial charge in [0.15, 0.2) is 0 Å². The summed E-state index contributed by atoms with van der Waals surface area (Å²) in [7, 11) is 0. The zero-order chi connectivity index (χ0) is 14.1. The van der Waals surface area contributed by atoms with E-state index in [0.29, 0.717) is 0 Å². The van der Waals surface area contributed by atoms with E-state index >= 15 is 0 Å². The fourth-order valence-corrected chi connectivity index (χ4v) is 4.66. The first kappa shape index (κ1) is 13.8. The van der Waals surface area contributed by atoms with Crippen LogP contribution in [0.15, 0.2) is 23.6 Å². The third-order valence-corrected chi connectivity index (χ3v) is 5.93. The summed E-state index contributed by atoms with van der Waals surface area (Å²) < 4.78 is 5.82. The zero-order valence-electron chi connectivity index (χ0n) is 11.8. The van der Waals surface area contributed by atoms with Crippen LogP contribution in [0.4, 0.5) is 0 Å². The standard InChI is InChI=1S/C16H18N2OS2/c1-2-13-8-17-4-3-11(13)7-12(1)14-9-21-16(18-14)15-10-20-6-5-19-15/h1-2,7,9,15,17H,3-6,8,10H2. The predicted octanol–water partition coefficient (Wildman–Crippen LogP) is 3.26. The van der Waals surface area contributed by atoms with Crippen molar-refractivity contribution in [3.63, 3.8) is 0 Å². The van der Waals surface area contributed by atoms with E-state index in [9.17, 15) is 0 Å². The molecule has 1 aromatic heterocycles. The molecule has 0 bridgehead atoms. The maximum Gasteiger partial charge on any atom is 0.123 e.